The number of rotatable bonds is 28. The third-order valence-corrected chi connectivity index (χ3v) is 11.2. The summed E-state index contributed by atoms with van der Waals surface area (Å²) >= 11 is 9.43. The van der Waals surface area contributed by atoms with Gasteiger partial charge in [0, 0.05) is 66.1 Å². The van der Waals surface area contributed by atoms with Gasteiger partial charge in [-0.15, -0.1) is 0 Å². The van der Waals surface area contributed by atoms with Crippen molar-refractivity contribution in [3.8, 4) is 0 Å². The molecule has 382 valence electrons. The molecule has 9 amide bonds. The lowest BCUT2D eigenvalue weighted by Crippen LogP contribution is -2.59. The first kappa shape index (κ1) is 59.2. The van der Waals surface area contributed by atoms with Crippen molar-refractivity contribution in [1.82, 2.24) is 42.1 Å². The van der Waals surface area contributed by atoms with E-state index in [9.17, 15) is 71.7 Å². The molecule has 8 atom stereocenters. The Hall–Kier alpha value is -5.93. The molecule has 1 aromatic carbocycles. The average Bonchev–Trinajstić information content (AvgIpc) is 3.67. The SMILES string of the molecule is NC(=O)C[C@H](NC(=O)C1CC(O)CN1C(=O)CNC(=O)[C@H](Cc1cc(F)cc(F)c1)NC(=O)CNC(=O)[C@@H](CC(=O)O)NC(=O)[C@H](N)CS)C(=O)N[C@H](CS)C(=O)N[C@@H](CCCN=C(N)N)C(=O)I. The highest BCUT2D eigenvalue weighted by Gasteiger charge is 2.41. The molecule has 1 heterocycles. The quantitative estimate of drug-likeness (QED) is 0.00927. The minimum atomic E-state index is -1.75. The predicted octanol–water partition coefficient (Wildman–Crippen LogP) is -6.32. The molecule has 1 aliphatic heterocycles. The Morgan fingerprint density at radius 2 is 1.32 bits per heavy atom. The van der Waals surface area contributed by atoms with Crippen molar-refractivity contribution >= 4 is 117 Å². The number of thiol groups is 2. The van der Waals surface area contributed by atoms with Crippen LogP contribution in [0.25, 0.3) is 0 Å². The van der Waals surface area contributed by atoms with Gasteiger partial charge in [0.15, 0.2) is 5.96 Å². The van der Waals surface area contributed by atoms with E-state index in [2.05, 4.69) is 67.5 Å². The zero-order valence-corrected chi connectivity index (χ0v) is 40.4. The second kappa shape index (κ2) is 29.2. The highest BCUT2D eigenvalue weighted by molar-refractivity contribution is 14.1. The molecule has 31 heteroatoms. The van der Waals surface area contributed by atoms with Crippen LogP contribution in [-0.4, -0.2) is 170 Å². The van der Waals surface area contributed by atoms with Gasteiger partial charge in [-0.3, -0.25) is 57.7 Å². The fraction of sp³-hybridized carbons (Fsp3) is 0.526. The zero-order chi connectivity index (χ0) is 52.1. The lowest BCUT2D eigenvalue weighted by Gasteiger charge is -2.27. The molecule has 17 N–H and O–H groups in total. The van der Waals surface area contributed by atoms with Gasteiger partial charge in [0.2, 0.25) is 57.0 Å². The summed E-state index contributed by atoms with van der Waals surface area (Å²) in [6, 6.07) is -8.11. The van der Waals surface area contributed by atoms with Crippen LogP contribution in [0.15, 0.2) is 23.2 Å². The Balaban J connectivity index is 2.21. The summed E-state index contributed by atoms with van der Waals surface area (Å²) in [5.74, 6) is -13.7. The van der Waals surface area contributed by atoms with E-state index >= 15 is 0 Å². The number of aliphatic carboxylic acids is 1. The summed E-state index contributed by atoms with van der Waals surface area (Å²) in [6.45, 7) is -2.16. The van der Waals surface area contributed by atoms with Crippen molar-refractivity contribution in [1.29, 1.82) is 0 Å². The second-order valence-electron chi connectivity index (χ2n) is 15.2. The number of halogens is 3. The van der Waals surface area contributed by atoms with Crippen molar-refractivity contribution in [3.05, 3.63) is 35.4 Å². The largest absolute Gasteiger partial charge is 0.481 e. The molecule has 0 aromatic heterocycles. The maximum absolute atomic E-state index is 14.1. The van der Waals surface area contributed by atoms with Gasteiger partial charge in [0.25, 0.3) is 0 Å². The molecule has 1 saturated heterocycles. The number of hydrogen-bond acceptors (Lipinski definition) is 16. The van der Waals surface area contributed by atoms with Gasteiger partial charge in [0.1, 0.15) is 41.8 Å². The zero-order valence-electron chi connectivity index (χ0n) is 36.5. The van der Waals surface area contributed by atoms with Crippen LogP contribution in [0.4, 0.5) is 8.78 Å². The van der Waals surface area contributed by atoms with E-state index in [0.29, 0.717) is 12.5 Å². The number of nitrogens with zero attached hydrogens (tertiary/aromatic N) is 2. The molecule has 69 heavy (non-hydrogen) atoms. The molecule has 0 aliphatic carbocycles. The Morgan fingerprint density at radius 1 is 0.754 bits per heavy atom. The number of aliphatic hydroxyl groups excluding tert-OH is 1. The lowest BCUT2D eigenvalue weighted by atomic mass is 10.0. The van der Waals surface area contributed by atoms with Crippen LogP contribution in [0, 0.1) is 11.6 Å². The molecule has 0 saturated carbocycles. The highest BCUT2D eigenvalue weighted by Crippen LogP contribution is 2.19. The number of guanidine groups is 1. The van der Waals surface area contributed by atoms with Crippen LogP contribution in [-0.2, 0) is 59.2 Å². The number of β-amino-alcohol motifs (C(OH)–C–C–N with tert-alkyl or cyclic N) is 1. The van der Waals surface area contributed by atoms with Crippen LogP contribution in [0.3, 0.4) is 0 Å². The molecule has 1 aliphatic rings. The third kappa shape index (κ3) is 21.1. The lowest BCUT2D eigenvalue weighted by molar-refractivity contribution is -0.141. The number of aliphatic hydroxyl groups is 1. The summed E-state index contributed by atoms with van der Waals surface area (Å²) in [5, 5.41) is 35.4. The van der Waals surface area contributed by atoms with Crippen molar-refractivity contribution < 1.29 is 71.7 Å². The normalized spacial score (nSPS) is 16.7. The Kier molecular flexibility index (Phi) is 25.0. The fourth-order valence-electron chi connectivity index (χ4n) is 6.34. The molecule has 2 rings (SSSR count). The van der Waals surface area contributed by atoms with Crippen molar-refractivity contribution in [2.24, 2.45) is 27.9 Å². The first-order valence-corrected chi connectivity index (χ1v) is 22.9. The van der Waals surface area contributed by atoms with Gasteiger partial charge in [-0.2, -0.15) is 25.3 Å². The Morgan fingerprint density at radius 3 is 1.88 bits per heavy atom. The minimum Gasteiger partial charge on any atom is -0.481 e. The van der Waals surface area contributed by atoms with Gasteiger partial charge in [-0.05, 0) is 30.5 Å². The predicted molar refractivity (Wildman–Crippen MR) is 253 cm³/mol. The fourth-order valence-corrected chi connectivity index (χ4v) is 7.23. The number of nitrogens with one attached hydrogen (secondary N) is 7. The number of likely N-dealkylation sites (tertiary alicyclic amines) is 1. The molecule has 1 aromatic rings. The van der Waals surface area contributed by atoms with E-state index in [0.717, 1.165) is 17.0 Å². The summed E-state index contributed by atoms with van der Waals surface area (Å²) in [7, 11) is 0. The monoisotopic (exact) mass is 1130 g/mol. The average molecular weight is 1130 g/mol. The second-order valence-corrected chi connectivity index (χ2v) is 17.0. The number of carboxylic acid groups (broad SMARTS) is 1. The standard InChI is InChI=1S/C38H54F2IN13O13S2/c39-17-4-16(5-18(40)7-17)6-22(49-28(57)11-47-34(64)24(10-30(59)60)51-32(62)20(42)14-68)33(63)48-12-29(58)54-13-19(55)8-26(54)37(67)52-23(9-27(43)56)35(65)53-25(15-69)36(66)50-21(31(41)61)2-1-3-46-38(44)45/h4-5,7,19-26,55,68-69H,1-3,6,8-15,42H2,(H2,43,56)(H,47,64)(H,48,63)(H,49,57)(H,50,66)(H,51,62)(H,52,67)(H,53,65)(H,59,60)(H4,44,45,46)/t19?,20-,21+,22+,23+,24-,25-,26?/m1/s1. The molecule has 2 unspecified atom stereocenters. The van der Waals surface area contributed by atoms with Gasteiger partial charge < -0.3 is 75.3 Å². The molecular formula is C38H54F2IN13O13S2. The molecule has 0 spiro atoms. The third-order valence-electron chi connectivity index (χ3n) is 9.69. The summed E-state index contributed by atoms with van der Waals surface area (Å²) in [6.07, 6.45) is -3.64. The topological polar surface area (TPSA) is 432 Å². The smallest absolute Gasteiger partial charge is 0.305 e. The van der Waals surface area contributed by atoms with Crippen LogP contribution in [0.2, 0.25) is 0 Å². The van der Waals surface area contributed by atoms with Crippen molar-refractivity contribution in [2.75, 3.05) is 37.7 Å². The number of aliphatic imine (C=N–C) groups is 1. The van der Waals surface area contributed by atoms with E-state index in [4.69, 9.17) is 22.9 Å². The molecule has 1 fully saturated rings. The minimum absolute atomic E-state index is 0.121. The first-order chi connectivity index (χ1) is 32.3. The number of carbonyl (C=O) groups excluding carboxylic acids is 10. The first-order valence-electron chi connectivity index (χ1n) is 20.6. The van der Waals surface area contributed by atoms with Crippen molar-refractivity contribution in [3.63, 3.8) is 0 Å². The van der Waals surface area contributed by atoms with E-state index in [1.54, 1.807) is 0 Å². The molecular weight excluding hydrogens is 1080 g/mol. The van der Waals surface area contributed by atoms with Crippen LogP contribution in [0.1, 0.15) is 37.7 Å². The Labute approximate surface area is 416 Å². The van der Waals surface area contributed by atoms with Gasteiger partial charge in [-0.1, -0.05) is 0 Å². The number of amides is 9. The number of benzene rings is 1. The maximum atomic E-state index is 14.1. The maximum Gasteiger partial charge on any atom is 0.305 e. The highest BCUT2D eigenvalue weighted by atomic mass is 127. The van der Waals surface area contributed by atoms with E-state index in [1.165, 1.54) is 22.6 Å². The number of carbonyl (C=O) groups is 11. The number of hydrogen-bond donors (Lipinski definition) is 15. The summed E-state index contributed by atoms with van der Waals surface area (Å²) in [4.78, 5) is 145. The van der Waals surface area contributed by atoms with Gasteiger partial charge in [0.05, 0.1) is 44.1 Å². The van der Waals surface area contributed by atoms with E-state index in [1.807, 2.05) is 0 Å². The van der Waals surface area contributed by atoms with E-state index in [-0.39, 0.29) is 36.0 Å². The van der Waals surface area contributed by atoms with Crippen LogP contribution < -0.4 is 60.2 Å². The Bertz CT molecular complexity index is 2110. The van der Waals surface area contributed by atoms with Crippen LogP contribution >= 0.6 is 47.8 Å². The number of primary amides is 1. The van der Waals surface area contributed by atoms with E-state index < -0.39 is 168 Å². The van der Waals surface area contributed by atoms with Gasteiger partial charge in [-0.25, -0.2) is 8.78 Å². The molecule has 0 radical (unpaired) electrons. The summed E-state index contributed by atoms with van der Waals surface area (Å²) < 4.78 is 27.8. The number of nitrogens with two attached hydrogens (primary N) is 4. The van der Waals surface area contributed by atoms with Gasteiger partial charge >= 0.3 is 5.97 Å². The summed E-state index contributed by atoms with van der Waals surface area (Å²) in [5.41, 5.74) is 21.3. The van der Waals surface area contributed by atoms with Crippen molar-refractivity contribution in [2.45, 2.75) is 86.9 Å². The number of carboxylic acids is 1. The van der Waals surface area contributed by atoms with Crippen LogP contribution in [0.5, 0.6) is 0 Å². The molecule has 26 nitrogen and oxygen atoms in total. The molecule has 0 bridgehead atoms.